The lowest BCUT2D eigenvalue weighted by atomic mass is 10.3. The average Bonchev–Trinajstić information content (AvgIpc) is 2.01. The minimum Gasteiger partial charge on any atom is -0.321 e. The highest BCUT2D eigenvalue weighted by Crippen LogP contribution is 2.12. The predicted molar refractivity (Wildman–Crippen MR) is 48.3 cm³/mol. The molecule has 0 atom stereocenters. The van der Waals surface area contributed by atoms with Crippen molar-refractivity contribution in [3.63, 3.8) is 0 Å². The number of anilines is 1. The van der Waals surface area contributed by atoms with E-state index in [1.165, 1.54) is 6.07 Å². The van der Waals surface area contributed by atoms with Gasteiger partial charge < -0.3 is 5.43 Å². The molecule has 0 bridgehead atoms. The van der Waals surface area contributed by atoms with Crippen molar-refractivity contribution in [3.8, 4) is 0 Å². The molecule has 0 saturated carbocycles. The van der Waals surface area contributed by atoms with Crippen LogP contribution in [0.1, 0.15) is 0 Å². The third kappa shape index (κ3) is 7.76. The summed E-state index contributed by atoms with van der Waals surface area (Å²) < 4.78 is 56.2. The van der Waals surface area contributed by atoms with Crippen LogP contribution in [0.3, 0.4) is 0 Å². The Morgan fingerprint density at radius 3 is 2.07 bits per heavy atom. The average molecular weight is 242 g/mol. The van der Waals surface area contributed by atoms with Crippen molar-refractivity contribution in [2.24, 2.45) is 5.84 Å². The van der Waals surface area contributed by atoms with Crippen LogP contribution in [0.4, 0.5) is 14.5 Å². The van der Waals surface area contributed by atoms with Gasteiger partial charge in [0.25, 0.3) is 0 Å². The molecule has 0 heterocycles. The van der Waals surface area contributed by atoms with Crippen molar-refractivity contribution in [2.75, 3.05) is 5.43 Å². The van der Waals surface area contributed by atoms with E-state index in [4.69, 9.17) is 23.4 Å². The van der Waals surface area contributed by atoms with E-state index in [2.05, 4.69) is 5.43 Å². The standard InChI is InChI=1S/C6H6F2N2.H2O4S/c7-4-1-2-6(10-9)5(8)3-4;1-5(2,3)4/h1-3,10H,9H2;(H2,1,2,3,4). The SMILES string of the molecule is NNc1ccc(F)cc1F.O=S(=O)(O)O. The summed E-state index contributed by atoms with van der Waals surface area (Å²) in [4.78, 5) is 0. The number of nitrogen functional groups attached to an aromatic ring is 1. The van der Waals surface area contributed by atoms with Gasteiger partial charge >= 0.3 is 10.4 Å². The van der Waals surface area contributed by atoms with Gasteiger partial charge in [0.15, 0.2) is 5.82 Å². The van der Waals surface area contributed by atoms with Crippen LogP contribution in [-0.4, -0.2) is 17.5 Å². The van der Waals surface area contributed by atoms with Crippen LogP contribution in [0.2, 0.25) is 0 Å². The van der Waals surface area contributed by atoms with Crippen LogP contribution in [0.5, 0.6) is 0 Å². The molecule has 5 N–H and O–H groups in total. The lowest BCUT2D eigenvalue weighted by Gasteiger charge is -1.99. The van der Waals surface area contributed by atoms with E-state index < -0.39 is 22.0 Å². The molecule has 0 radical (unpaired) electrons. The fourth-order valence-corrected chi connectivity index (χ4v) is 0.607. The molecule has 0 spiro atoms. The zero-order chi connectivity index (χ0) is 12.1. The molecule has 15 heavy (non-hydrogen) atoms. The maximum absolute atomic E-state index is 12.5. The zero-order valence-electron chi connectivity index (χ0n) is 7.18. The molecule has 0 aliphatic carbocycles. The third-order valence-electron chi connectivity index (χ3n) is 1.09. The van der Waals surface area contributed by atoms with E-state index in [1.54, 1.807) is 0 Å². The van der Waals surface area contributed by atoms with Crippen LogP contribution in [0, 0.1) is 11.6 Å². The zero-order valence-corrected chi connectivity index (χ0v) is 8.00. The van der Waals surface area contributed by atoms with Gasteiger partial charge in [-0.3, -0.25) is 14.9 Å². The first-order valence-corrected chi connectivity index (χ1v) is 4.75. The van der Waals surface area contributed by atoms with Gasteiger partial charge in [0.05, 0.1) is 5.69 Å². The number of rotatable bonds is 1. The molecule has 0 aliphatic rings. The minimum atomic E-state index is -4.67. The monoisotopic (exact) mass is 242 g/mol. The Morgan fingerprint density at radius 1 is 1.27 bits per heavy atom. The summed E-state index contributed by atoms with van der Waals surface area (Å²) in [5.41, 5.74) is 2.17. The van der Waals surface area contributed by atoms with E-state index in [-0.39, 0.29) is 5.69 Å². The number of halogens is 2. The molecule has 0 aliphatic heterocycles. The molecule has 1 rings (SSSR count). The van der Waals surface area contributed by atoms with Crippen LogP contribution < -0.4 is 11.3 Å². The fourth-order valence-electron chi connectivity index (χ4n) is 0.607. The van der Waals surface area contributed by atoms with Gasteiger partial charge in [-0.15, -0.1) is 0 Å². The number of hydrazine groups is 1. The van der Waals surface area contributed by atoms with Gasteiger partial charge in [-0.2, -0.15) is 8.42 Å². The maximum Gasteiger partial charge on any atom is 0.394 e. The number of nitrogens with two attached hydrogens (primary N) is 1. The molecule has 0 unspecified atom stereocenters. The van der Waals surface area contributed by atoms with E-state index in [9.17, 15) is 8.78 Å². The molecule has 1 aromatic rings. The van der Waals surface area contributed by atoms with Gasteiger partial charge in [-0.05, 0) is 12.1 Å². The Kier molecular flexibility index (Phi) is 5.08. The van der Waals surface area contributed by atoms with Crippen molar-refractivity contribution < 1.29 is 26.3 Å². The normalized spacial score (nSPS) is 10.2. The molecule has 0 fully saturated rings. The smallest absolute Gasteiger partial charge is 0.321 e. The van der Waals surface area contributed by atoms with Gasteiger partial charge in [0.1, 0.15) is 5.82 Å². The predicted octanol–water partition coefficient (Wildman–Crippen LogP) is 0.598. The second-order valence-corrected chi connectivity index (χ2v) is 3.11. The van der Waals surface area contributed by atoms with E-state index in [0.29, 0.717) is 0 Å². The van der Waals surface area contributed by atoms with Gasteiger partial charge in [0.2, 0.25) is 0 Å². The second kappa shape index (κ2) is 5.56. The maximum atomic E-state index is 12.5. The van der Waals surface area contributed by atoms with Crippen LogP contribution in [0.25, 0.3) is 0 Å². The molecule has 1 aromatic carbocycles. The first-order valence-electron chi connectivity index (χ1n) is 3.35. The second-order valence-electron chi connectivity index (χ2n) is 2.22. The van der Waals surface area contributed by atoms with E-state index in [0.717, 1.165) is 12.1 Å². The molecule has 6 nitrogen and oxygen atoms in total. The molecule has 9 heteroatoms. The third-order valence-corrected chi connectivity index (χ3v) is 1.09. The molecular weight excluding hydrogens is 234 g/mol. The van der Waals surface area contributed by atoms with Crippen LogP contribution in [0.15, 0.2) is 18.2 Å². The van der Waals surface area contributed by atoms with E-state index in [1.807, 2.05) is 0 Å². The summed E-state index contributed by atoms with van der Waals surface area (Å²) in [6.07, 6.45) is 0. The number of benzene rings is 1. The topological polar surface area (TPSA) is 113 Å². The highest BCUT2D eigenvalue weighted by molar-refractivity contribution is 7.79. The summed E-state index contributed by atoms with van der Waals surface area (Å²) in [6.45, 7) is 0. The van der Waals surface area contributed by atoms with Crippen molar-refractivity contribution in [2.45, 2.75) is 0 Å². The molecule has 86 valence electrons. The number of nitrogens with one attached hydrogen (secondary N) is 1. The van der Waals surface area contributed by atoms with Crippen molar-refractivity contribution in [3.05, 3.63) is 29.8 Å². The Balaban J connectivity index is 0.000000336. The Morgan fingerprint density at radius 2 is 1.73 bits per heavy atom. The highest BCUT2D eigenvalue weighted by atomic mass is 32.3. The summed E-state index contributed by atoms with van der Waals surface area (Å²) in [6, 6.07) is 3.11. The molecule has 0 aromatic heterocycles. The summed E-state index contributed by atoms with van der Waals surface area (Å²) in [5.74, 6) is 3.58. The van der Waals surface area contributed by atoms with Crippen molar-refractivity contribution >= 4 is 16.1 Å². The quantitative estimate of drug-likeness (QED) is 0.326. The van der Waals surface area contributed by atoms with Gasteiger partial charge in [-0.1, -0.05) is 0 Å². The summed E-state index contributed by atoms with van der Waals surface area (Å²) in [7, 11) is -4.67. The number of hydrogen-bond acceptors (Lipinski definition) is 4. The summed E-state index contributed by atoms with van der Waals surface area (Å²) >= 11 is 0. The summed E-state index contributed by atoms with van der Waals surface area (Å²) in [5, 5.41) is 0. The van der Waals surface area contributed by atoms with Gasteiger partial charge in [0, 0.05) is 6.07 Å². The first kappa shape index (κ1) is 13.7. The van der Waals surface area contributed by atoms with Crippen LogP contribution in [-0.2, 0) is 10.4 Å². The highest BCUT2D eigenvalue weighted by Gasteiger charge is 1.99. The Hall–Kier alpha value is -1.29. The minimum absolute atomic E-state index is 0.0846. The molecule has 0 saturated heterocycles. The van der Waals surface area contributed by atoms with E-state index >= 15 is 0 Å². The number of hydrogen-bond donors (Lipinski definition) is 4. The lowest BCUT2D eigenvalue weighted by Crippen LogP contribution is -2.08. The fraction of sp³-hybridized carbons (Fsp3) is 0. The largest absolute Gasteiger partial charge is 0.394 e. The van der Waals surface area contributed by atoms with Gasteiger partial charge in [-0.25, -0.2) is 8.78 Å². The van der Waals surface area contributed by atoms with Crippen LogP contribution >= 0.6 is 0 Å². The van der Waals surface area contributed by atoms with Crippen molar-refractivity contribution in [1.82, 2.24) is 0 Å². The molecular formula is C6H8F2N2O4S. The molecule has 0 amide bonds. The Labute approximate surface area is 84.3 Å². The van der Waals surface area contributed by atoms with Crippen molar-refractivity contribution in [1.29, 1.82) is 0 Å². The lowest BCUT2D eigenvalue weighted by molar-refractivity contribution is 0.381. The first-order chi connectivity index (χ1) is 6.74. The Bertz CT molecular complexity index is 415.